The third-order valence-electron chi connectivity index (χ3n) is 3.38. The molecule has 0 spiro atoms. The predicted octanol–water partition coefficient (Wildman–Crippen LogP) is 1.83. The lowest BCUT2D eigenvalue weighted by molar-refractivity contribution is -0.120. The number of benzene rings is 1. The molecular weight excluding hydrogens is 311 g/mol. The van der Waals surface area contributed by atoms with Crippen LogP contribution < -0.4 is 10.6 Å². The van der Waals surface area contributed by atoms with Gasteiger partial charge in [0.25, 0.3) is 5.91 Å². The van der Waals surface area contributed by atoms with E-state index in [1.807, 2.05) is 20.8 Å². The average Bonchev–Trinajstić information content (AvgIpc) is 2.96. The fourth-order valence-electron chi connectivity index (χ4n) is 2.34. The Balaban J connectivity index is 2.15. The zero-order valence-electron chi connectivity index (χ0n) is 14.0. The van der Waals surface area contributed by atoms with E-state index in [0.29, 0.717) is 23.4 Å². The number of carbonyl (C=O) groups is 2. The summed E-state index contributed by atoms with van der Waals surface area (Å²) in [5, 5.41) is 9.51. The molecular formula is C17H21FN4O2. The van der Waals surface area contributed by atoms with Gasteiger partial charge in [-0.2, -0.15) is 5.10 Å². The summed E-state index contributed by atoms with van der Waals surface area (Å²) in [6, 6.07) is 5.89. The van der Waals surface area contributed by atoms with Crippen molar-refractivity contribution < 1.29 is 14.0 Å². The average molecular weight is 332 g/mol. The first-order chi connectivity index (χ1) is 11.4. The van der Waals surface area contributed by atoms with Crippen LogP contribution >= 0.6 is 0 Å². The fraction of sp³-hybridized carbons (Fsp3) is 0.353. The molecule has 1 heterocycles. The molecule has 0 bridgehead atoms. The van der Waals surface area contributed by atoms with Crippen molar-refractivity contribution in [2.45, 2.75) is 33.2 Å². The van der Waals surface area contributed by atoms with Gasteiger partial charge in [-0.3, -0.25) is 9.59 Å². The summed E-state index contributed by atoms with van der Waals surface area (Å²) in [6.07, 6.45) is 2.02. The van der Waals surface area contributed by atoms with Crippen LogP contribution in [0.3, 0.4) is 0 Å². The number of nitrogens with one attached hydrogen (secondary N) is 2. The zero-order valence-corrected chi connectivity index (χ0v) is 14.0. The van der Waals surface area contributed by atoms with Crippen molar-refractivity contribution in [3.63, 3.8) is 0 Å². The molecule has 0 saturated heterocycles. The van der Waals surface area contributed by atoms with Gasteiger partial charge in [-0.15, -0.1) is 0 Å². The first-order valence-electron chi connectivity index (χ1n) is 7.82. The Morgan fingerprint density at radius 3 is 2.50 bits per heavy atom. The molecule has 0 saturated carbocycles. The predicted molar refractivity (Wildman–Crippen MR) is 88.5 cm³/mol. The van der Waals surface area contributed by atoms with Crippen LogP contribution in [0.15, 0.2) is 30.5 Å². The van der Waals surface area contributed by atoms with Crippen LogP contribution in [-0.4, -0.2) is 34.2 Å². The van der Waals surface area contributed by atoms with Crippen molar-refractivity contribution in [2.24, 2.45) is 0 Å². The smallest absolute Gasteiger partial charge is 0.255 e. The quantitative estimate of drug-likeness (QED) is 0.847. The lowest BCUT2D eigenvalue weighted by Gasteiger charge is -2.10. The van der Waals surface area contributed by atoms with E-state index in [2.05, 4.69) is 15.7 Å². The van der Waals surface area contributed by atoms with Gasteiger partial charge in [-0.1, -0.05) is 6.92 Å². The van der Waals surface area contributed by atoms with E-state index >= 15 is 0 Å². The van der Waals surface area contributed by atoms with E-state index in [4.69, 9.17) is 0 Å². The third-order valence-corrected chi connectivity index (χ3v) is 3.38. The highest BCUT2D eigenvalue weighted by molar-refractivity contribution is 5.97. The van der Waals surface area contributed by atoms with Crippen molar-refractivity contribution >= 4 is 11.8 Å². The summed E-state index contributed by atoms with van der Waals surface area (Å²) >= 11 is 0. The summed E-state index contributed by atoms with van der Waals surface area (Å²) < 4.78 is 14.7. The van der Waals surface area contributed by atoms with Gasteiger partial charge in [-0.25, -0.2) is 9.07 Å². The van der Waals surface area contributed by atoms with Gasteiger partial charge in [0.1, 0.15) is 5.82 Å². The van der Waals surface area contributed by atoms with Crippen molar-refractivity contribution in [3.05, 3.63) is 47.5 Å². The molecule has 0 unspecified atom stereocenters. The number of carbonyl (C=O) groups excluding carboxylic acids is 2. The van der Waals surface area contributed by atoms with Crippen LogP contribution in [0.25, 0.3) is 5.69 Å². The van der Waals surface area contributed by atoms with Crippen molar-refractivity contribution in [1.82, 2.24) is 20.4 Å². The Bertz CT molecular complexity index is 723. The summed E-state index contributed by atoms with van der Waals surface area (Å²) in [6.45, 7) is 5.50. The summed E-state index contributed by atoms with van der Waals surface area (Å²) in [7, 11) is 0. The van der Waals surface area contributed by atoms with Crippen LogP contribution in [0.5, 0.6) is 0 Å². The molecule has 7 heteroatoms. The van der Waals surface area contributed by atoms with Gasteiger partial charge in [0.15, 0.2) is 0 Å². The second kappa shape index (κ2) is 7.72. The van der Waals surface area contributed by atoms with E-state index in [-0.39, 0.29) is 30.2 Å². The molecule has 0 aliphatic heterocycles. The number of halogens is 1. The minimum atomic E-state index is -0.362. The lowest BCUT2D eigenvalue weighted by atomic mass is 10.2. The number of amides is 2. The first-order valence-corrected chi connectivity index (χ1v) is 7.82. The minimum Gasteiger partial charge on any atom is -0.352 e. The van der Waals surface area contributed by atoms with Gasteiger partial charge in [0.05, 0.1) is 29.7 Å². The highest BCUT2D eigenvalue weighted by atomic mass is 19.1. The van der Waals surface area contributed by atoms with E-state index in [0.717, 1.165) is 0 Å². The molecule has 0 radical (unpaired) electrons. The molecule has 2 N–H and O–H groups in total. The van der Waals surface area contributed by atoms with Crippen molar-refractivity contribution in [3.8, 4) is 5.69 Å². The summed E-state index contributed by atoms with van der Waals surface area (Å²) in [5.74, 6) is -0.945. The molecule has 6 nitrogen and oxygen atoms in total. The Labute approximate surface area is 140 Å². The maximum Gasteiger partial charge on any atom is 0.255 e. The van der Waals surface area contributed by atoms with Crippen LogP contribution in [-0.2, 0) is 11.2 Å². The molecule has 1 aromatic heterocycles. The summed E-state index contributed by atoms with van der Waals surface area (Å²) in [4.78, 5) is 23.9. The van der Waals surface area contributed by atoms with Gasteiger partial charge < -0.3 is 10.6 Å². The van der Waals surface area contributed by atoms with Gasteiger partial charge in [0.2, 0.25) is 5.91 Å². The SMILES string of the molecule is CCc1c(C(=O)NCC(=O)NC(C)C)cnn1-c1ccc(F)cc1. The lowest BCUT2D eigenvalue weighted by Crippen LogP contribution is -2.39. The second-order valence-electron chi connectivity index (χ2n) is 5.65. The van der Waals surface area contributed by atoms with Crippen molar-refractivity contribution in [2.75, 3.05) is 6.54 Å². The maximum absolute atomic E-state index is 13.1. The monoisotopic (exact) mass is 332 g/mol. The number of hydrogen-bond donors (Lipinski definition) is 2. The standard InChI is InChI=1S/C17H21FN4O2/c1-4-15-14(17(24)19-10-16(23)21-11(2)3)9-20-22(15)13-7-5-12(18)6-8-13/h5-9,11H,4,10H2,1-3H3,(H,19,24)(H,21,23). The van der Waals surface area contributed by atoms with E-state index < -0.39 is 0 Å². The second-order valence-corrected chi connectivity index (χ2v) is 5.65. The zero-order chi connectivity index (χ0) is 17.7. The van der Waals surface area contributed by atoms with Gasteiger partial charge in [0, 0.05) is 6.04 Å². The van der Waals surface area contributed by atoms with Gasteiger partial charge in [-0.05, 0) is 44.5 Å². The Kier molecular flexibility index (Phi) is 5.68. The highest BCUT2D eigenvalue weighted by Crippen LogP contribution is 2.16. The number of hydrogen-bond acceptors (Lipinski definition) is 3. The molecule has 1 aromatic carbocycles. The van der Waals surface area contributed by atoms with Crippen LogP contribution in [0.4, 0.5) is 4.39 Å². The third kappa shape index (κ3) is 4.18. The molecule has 128 valence electrons. The molecule has 0 aliphatic rings. The molecule has 2 rings (SSSR count). The topological polar surface area (TPSA) is 76.0 Å². The molecule has 24 heavy (non-hydrogen) atoms. The minimum absolute atomic E-state index is 0.0156. The Hall–Kier alpha value is -2.70. The van der Waals surface area contributed by atoms with Gasteiger partial charge >= 0.3 is 0 Å². The van der Waals surface area contributed by atoms with E-state index in [1.54, 1.807) is 16.8 Å². The molecule has 2 amide bonds. The van der Waals surface area contributed by atoms with Crippen molar-refractivity contribution in [1.29, 1.82) is 0 Å². The van der Waals surface area contributed by atoms with Crippen LogP contribution in [0.1, 0.15) is 36.8 Å². The largest absolute Gasteiger partial charge is 0.352 e. The first kappa shape index (κ1) is 17.7. The molecule has 0 aliphatic carbocycles. The number of rotatable bonds is 6. The molecule has 2 aromatic rings. The molecule has 0 atom stereocenters. The number of aromatic nitrogens is 2. The number of nitrogens with zero attached hydrogens (tertiary/aromatic N) is 2. The maximum atomic E-state index is 13.1. The van der Waals surface area contributed by atoms with Crippen LogP contribution in [0.2, 0.25) is 0 Å². The van der Waals surface area contributed by atoms with Crippen LogP contribution in [0, 0.1) is 5.82 Å². The van der Waals surface area contributed by atoms with E-state index in [1.165, 1.54) is 18.3 Å². The highest BCUT2D eigenvalue weighted by Gasteiger charge is 2.17. The Morgan fingerprint density at radius 2 is 1.92 bits per heavy atom. The Morgan fingerprint density at radius 1 is 1.25 bits per heavy atom. The molecule has 0 fully saturated rings. The summed E-state index contributed by atoms with van der Waals surface area (Å²) in [5.41, 5.74) is 1.77. The van der Waals surface area contributed by atoms with E-state index in [9.17, 15) is 14.0 Å². The normalized spacial score (nSPS) is 10.7. The fourth-order valence-corrected chi connectivity index (χ4v) is 2.34.